The second-order valence-electron chi connectivity index (χ2n) is 4.74. The molecule has 1 aromatic carbocycles. The van der Waals surface area contributed by atoms with Gasteiger partial charge in [-0.15, -0.1) is 0 Å². The first-order chi connectivity index (χ1) is 9.54. The molecule has 0 saturated heterocycles. The molecule has 0 amide bonds. The minimum Gasteiger partial charge on any atom is -0.465 e. The number of carbonyl (C=O) groups is 1. The van der Waals surface area contributed by atoms with Gasteiger partial charge < -0.3 is 15.2 Å². The summed E-state index contributed by atoms with van der Waals surface area (Å²) < 4.78 is 10.0. The van der Waals surface area contributed by atoms with Crippen LogP contribution >= 0.6 is 0 Å². The number of benzene rings is 1. The van der Waals surface area contributed by atoms with Crippen LogP contribution in [0.15, 0.2) is 18.2 Å². The molecule has 0 aliphatic heterocycles. The monoisotopic (exact) mass is 280 g/mol. The standard InChI is InChI=1S/C15H24N2O3/c1-5-17(11(2)10-19-3)9-12-7-6-8-13(16)14(12)15(18)20-4/h6-8,11H,5,9-10,16H2,1-4H3. The van der Waals surface area contributed by atoms with Crippen molar-refractivity contribution in [3.05, 3.63) is 29.3 Å². The predicted octanol–water partition coefficient (Wildman–Crippen LogP) is 1.91. The Morgan fingerprint density at radius 1 is 1.40 bits per heavy atom. The highest BCUT2D eigenvalue weighted by molar-refractivity contribution is 5.96. The molecule has 5 heteroatoms. The lowest BCUT2D eigenvalue weighted by Crippen LogP contribution is -2.36. The molecule has 0 saturated carbocycles. The number of anilines is 1. The maximum Gasteiger partial charge on any atom is 0.340 e. The summed E-state index contributed by atoms with van der Waals surface area (Å²) in [6.45, 7) is 6.31. The number of nitrogens with two attached hydrogens (primary N) is 1. The van der Waals surface area contributed by atoms with Crippen molar-refractivity contribution in [3.63, 3.8) is 0 Å². The van der Waals surface area contributed by atoms with E-state index in [1.54, 1.807) is 13.2 Å². The van der Waals surface area contributed by atoms with Crippen molar-refractivity contribution in [3.8, 4) is 0 Å². The SMILES string of the molecule is CCN(Cc1cccc(N)c1C(=O)OC)C(C)COC. The van der Waals surface area contributed by atoms with Gasteiger partial charge in [-0.05, 0) is 25.1 Å². The summed E-state index contributed by atoms with van der Waals surface area (Å²) in [7, 11) is 3.05. The number of nitrogen functional groups attached to an aromatic ring is 1. The molecule has 0 heterocycles. The van der Waals surface area contributed by atoms with Crippen molar-refractivity contribution < 1.29 is 14.3 Å². The maximum atomic E-state index is 11.9. The fourth-order valence-electron chi connectivity index (χ4n) is 2.25. The Morgan fingerprint density at radius 2 is 2.10 bits per heavy atom. The van der Waals surface area contributed by atoms with Crippen LogP contribution in [0.2, 0.25) is 0 Å². The Balaban J connectivity index is 3.01. The minimum atomic E-state index is -0.395. The number of esters is 1. The van der Waals surface area contributed by atoms with E-state index in [4.69, 9.17) is 15.2 Å². The third kappa shape index (κ3) is 3.95. The van der Waals surface area contributed by atoms with E-state index in [0.29, 0.717) is 24.4 Å². The molecule has 0 radical (unpaired) electrons. The van der Waals surface area contributed by atoms with E-state index in [0.717, 1.165) is 12.1 Å². The number of hydrogen-bond acceptors (Lipinski definition) is 5. The van der Waals surface area contributed by atoms with E-state index < -0.39 is 5.97 Å². The van der Waals surface area contributed by atoms with Gasteiger partial charge in [-0.25, -0.2) is 4.79 Å². The van der Waals surface area contributed by atoms with Crippen LogP contribution in [0.3, 0.4) is 0 Å². The highest BCUT2D eigenvalue weighted by Gasteiger charge is 2.19. The zero-order valence-electron chi connectivity index (χ0n) is 12.7. The molecule has 112 valence electrons. The Bertz CT molecular complexity index is 449. The predicted molar refractivity (Wildman–Crippen MR) is 79.6 cm³/mol. The molecule has 0 aromatic heterocycles. The Morgan fingerprint density at radius 3 is 2.65 bits per heavy atom. The first-order valence-corrected chi connectivity index (χ1v) is 6.73. The smallest absolute Gasteiger partial charge is 0.340 e. The lowest BCUT2D eigenvalue weighted by Gasteiger charge is -2.28. The summed E-state index contributed by atoms with van der Waals surface area (Å²) in [6, 6.07) is 5.73. The van der Waals surface area contributed by atoms with Gasteiger partial charge in [-0.3, -0.25) is 4.90 Å². The van der Waals surface area contributed by atoms with Crippen molar-refractivity contribution in [2.24, 2.45) is 0 Å². The van der Waals surface area contributed by atoms with Crippen LogP contribution in [0.25, 0.3) is 0 Å². The molecule has 0 spiro atoms. The highest BCUT2D eigenvalue weighted by Crippen LogP contribution is 2.20. The fourth-order valence-corrected chi connectivity index (χ4v) is 2.25. The molecule has 0 aliphatic rings. The van der Waals surface area contributed by atoms with Crippen molar-refractivity contribution in [1.82, 2.24) is 4.90 Å². The summed E-state index contributed by atoms with van der Waals surface area (Å²) in [6.07, 6.45) is 0. The summed E-state index contributed by atoms with van der Waals surface area (Å²) in [5.41, 5.74) is 7.69. The van der Waals surface area contributed by atoms with Crippen LogP contribution in [0, 0.1) is 0 Å². The van der Waals surface area contributed by atoms with Crippen LogP contribution in [0.5, 0.6) is 0 Å². The molecule has 1 aromatic rings. The molecule has 20 heavy (non-hydrogen) atoms. The summed E-state index contributed by atoms with van der Waals surface area (Å²) in [5.74, 6) is -0.395. The van der Waals surface area contributed by atoms with Crippen LogP contribution < -0.4 is 5.73 Å². The Hall–Kier alpha value is -1.59. The normalized spacial score (nSPS) is 12.4. The van der Waals surface area contributed by atoms with Gasteiger partial charge in [0.1, 0.15) is 0 Å². The average Bonchev–Trinajstić information content (AvgIpc) is 2.44. The van der Waals surface area contributed by atoms with Gasteiger partial charge in [0.25, 0.3) is 0 Å². The van der Waals surface area contributed by atoms with Crippen LogP contribution in [0.1, 0.15) is 29.8 Å². The van der Waals surface area contributed by atoms with Gasteiger partial charge in [-0.2, -0.15) is 0 Å². The van der Waals surface area contributed by atoms with Gasteiger partial charge in [-0.1, -0.05) is 19.1 Å². The zero-order chi connectivity index (χ0) is 15.1. The van der Waals surface area contributed by atoms with Crippen molar-refractivity contribution in [2.45, 2.75) is 26.4 Å². The van der Waals surface area contributed by atoms with Gasteiger partial charge in [0.05, 0.1) is 19.3 Å². The molecule has 1 atom stereocenters. The summed E-state index contributed by atoms with van der Waals surface area (Å²) in [5, 5.41) is 0. The largest absolute Gasteiger partial charge is 0.465 e. The van der Waals surface area contributed by atoms with Crippen LogP contribution in [0.4, 0.5) is 5.69 Å². The molecule has 0 aliphatic carbocycles. The van der Waals surface area contributed by atoms with Gasteiger partial charge in [0, 0.05) is 25.4 Å². The number of hydrogen-bond donors (Lipinski definition) is 1. The fraction of sp³-hybridized carbons (Fsp3) is 0.533. The Labute approximate surface area is 120 Å². The molecule has 0 bridgehead atoms. The number of likely N-dealkylation sites (N-methyl/N-ethyl adjacent to an activating group) is 1. The second kappa shape index (κ2) is 7.87. The number of carbonyl (C=O) groups excluding carboxylic acids is 1. The topological polar surface area (TPSA) is 64.8 Å². The molecular formula is C15H24N2O3. The molecule has 0 fully saturated rings. The van der Waals surface area contributed by atoms with E-state index in [-0.39, 0.29) is 6.04 Å². The number of rotatable bonds is 7. The quantitative estimate of drug-likeness (QED) is 0.610. The number of nitrogens with zero attached hydrogens (tertiary/aromatic N) is 1. The second-order valence-corrected chi connectivity index (χ2v) is 4.74. The summed E-state index contributed by atoms with van der Waals surface area (Å²) in [4.78, 5) is 14.1. The molecule has 1 unspecified atom stereocenters. The third-order valence-corrected chi connectivity index (χ3v) is 3.38. The van der Waals surface area contributed by atoms with E-state index in [1.807, 2.05) is 12.1 Å². The molecular weight excluding hydrogens is 256 g/mol. The van der Waals surface area contributed by atoms with Crippen molar-refractivity contribution >= 4 is 11.7 Å². The van der Waals surface area contributed by atoms with Crippen LogP contribution in [-0.2, 0) is 16.0 Å². The van der Waals surface area contributed by atoms with Crippen LogP contribution in [-0.4, -0.2) is 44.3 Å². The Kier molecular flexibility index (Phi) is 6.48. The summed E-state index contributed by atoms with van der Waals surface area (Å²) >= 11 is 0. The van der Waals surface area contributed by atoms with E-state index in [2.05, 4.69) is 18.7 Å². The molecule has 5 nitrogen and oxygen atoms in total. The molecule has 1 rings (SSSR count). The molecule has 2 N–H and O–H groups in total. The number of ether oxygens (including phenoxy) is 2. The average molecular weight is 280 g/mol. The highest BCUT2D eigenvalue weighted by atomic mass is 16.5. The third-order valence-electron chi connectivity index (χ3n) is 3.38. The lowest BCUT2D eigenvalue weighted by molar-refractivity contribution is 0.0597. The van der Waals surface area contributed by atoms with Gasteiger partial charge in [0.2, 0.25) is 0 Å². The maximum absolute atomic E-state index is 11.9. The van der Waals surface area contributed by atoms with E-state index in [9.17, 15) is 4.79 Å². The zero-order valence-corrected chi connectivity index (χ0v) is 12.7. The van der Waals surface area contributed by atoms with E-state index in [1.165, 1.54) is 7.11 Å². The van der Waals surface area contributed by atoms with Gasteiger partial charge in [0.15, 0.2) is 0 Å². The lowest BCUT2D eigenvalue weighted by atomic mass is 10.0. The number of methoxy groups -OCH3 is 2. The van der Waals surface area contributed by atoms with Crippen molar-refractivity contribution in [1.29, 1.82) is 0 Å². The first-order valence-electron chi connectivity index (χ1n) is 6.73. The first kappa shape index (κ1) is 16.5. The van der Waals surface area contributed by atoms with E-state index >= 15 is 0 Å². The van der Waals surface area contributed by atoms with Gasteiger partial charge >= 0.3 is 5.97 Å². The van der Waals surface area contributed by atoms with Crippen molar-refractivity contribution in [2.75, 3.05) is 33.1 Å². The minimum absolute atomic E-state index is 0.261.